The van der Waals surface area contributed by atoms with Crippen LogP contribution in [-0.2, 0) is 6.42 Å². The minimum absolute atomic E-state index is 0.00806. The van der Waals surface area contributed by atoms with E-state index in [2.05, 4.69) is 6.07 Å². The fourth-order valence-electron chi connectivity index (χ4n) is 2.78. The van der Waals surface area contributed by atoms with Crippen LogP contribution in [0.25, 0.3) is 0 Å². The molecule has 0 N–H and O–H groups in total. The first kappa shape index (κ1) is 14.4. The number of hydrogen-bond donors (Lipinski definition) is 0. The Morgan fingerprint density at radius 3 is 2.77 bits per heavy atom. The van der Waals surface area contributed by atoms with Gasteiger partial charge in [0.15, 0.2) is 11.5 Å². The summed E-state index contributed by atoms with van der Waals surface area (Å²) in [5.41, 5.74) is 2.83. The summed E-state index contributed by atoms with van der Waals surface area (Å²) < 4.78 is 10.8. The largest absolute Gasteiger partial charge is 0.493 e. The van der Waals surface area contributed by atoms with E-state index in [9.17, 15) is 4.79 Å². The van der Waals surface area contributed by atoms with Gasteiger partial charge in [0.1, 0.15) is 0 Å². The van der Waals surface area contributed by atoms with Crippen molar-refractivity contribution in [2.75, 3.05) is 25.2 Å². The van der Waals surface area contributed by atoms with E-state index in [1.807, 2.05) is 30.0 Å². The van der Waals surface area contributed by atoms with Crippen molar-refractivity contribution in [3.05, 3.63) is 53.6 Å². The summed E-state index contributed by atoms with van der Waals surface area (Å²) in [4.78, 5) is 14.6. The van der Waals surface area contributed by atoms with Crippen LogP contribution in [0.4, 0.5) is 5.69 Å². The van der Waals surface area contributed by atoms with E-state index in [4.69, 9.17) is 9.47 Å². The van der Waals surface area contributed by atoms with Gasteiger partial charge in [-0.05, 0) is 43.2 Å². The van der Waals surface area contributed by atoms with Crippen LogP contribution < -0.4 is 14.4 Å². The number of para-hydroxylation sites is 1. The second-order valence-corrected chi connectivity index (χ2v) is 5.13. The van der Waals surface area contributed by atoms with Crippen LogP contribution in [0.2, 0.25) is 0 Å². The molecule has 1 amide bonds. The lowest BCUT2D eigenvalue weighted by Crippen LogP contribution is -2.28. The van der Waals surface area contributed by atoms with Crippen LogP contribution >= 0.6 is 0 Å². The molecule has 1 aliphatic heterocycles. The maximum Gasteiger partial charge on any atom is 0.258 e. The first-order valence-corrected chi connectivity index (χ1v) is 7.45. The van der Waals surface area contributed by atoms with Crippen molar-refractivity contribution >= 4 is 11.6 Å². The number of anilines is 1. The molecule has 0 saturated carbocycles. The Morgan fingerprint density at radius 1 is 1.18 bits per heavy atom. The zero-order valence-corrected chi connectivity index (χ0v) is 12.8. The highest BCUT2D eigenvalue weighted by Gasteiger charge is 2.25. The van der Waals surface area contributed by atoms with Gasteiger partial charge >= 0.3 is 0 Å². The first-order valence-electron chi connectivity index (χ1n) is 7.45. The highest BCUT2D eigenvalue weighted by molar-refractivity contribution is 6.07. The van der Waals surface area contributed by atoms with Crippen molar-refractivity contribution in [1.29, 1.82) is 0 Å². The number of nitrogens with zero attached hydrogens (tertiary/aromatic N) is 1. The average Bonchev–Trinajstić information content (AvgIpc) is 2.99. The van der Waals surface area contributed by atoms with Crippen molar-refractivity contribution in [3.8, 4) is 11.5 Å². The van der Waals surface area contributed by atoms with Crippen LogP contribution in [-0.4, -0.2) is 26.2 Å². The molecular formula is C18H19NO3. The molecule has 0 atom stereocenters. The lowest BCUT2D eigenvalue weighted by molar-refractivity contribution is 0.0989. The Morgan fingerprint density at radius 2 is 2.00 bits per heavy atom. The minimum Gasteiger partial charge on any atom is -0.493 e. The molecule has 0 bridgehead atoms. The van der Waals surface area contributed by atoms with Gasteiger partial charge in [-0.3, -0.25) is 4.79 Å². The second kappa shape index (κ2) is 6.10. The summed E-state index contributed by atoms with van der Waals surface area (Å²) in [5.74, 6) is 1.23. The Kier molecular flexibility index (Phi) is 4.00. The summed E-state index contributed by atoms with van der Waals surface area (Å²) in [7, 11) is 1.58. The number of carbonyl (C=O) groups is 1. The summed E-state index contributed by atoms with van der Waals surface area (Å²) in [6.45, 7) is 3.19. The van der Waals surface area contributed by atoms with E-state index in [0.717, 1.165) is 12.1 Å². The number of benzene rings is 2. The number of ether oxygens (including phenoxy) is 2. The molecule has 4 nitrogen and oxygen atoms in total. The maximum absolute atomic E-state index is 12.8. The Labute approximate surface area is 130 Å². The summed E-state index contributed by atoms with van der Waals surface area (Å²) in [6.07, 6.45) is 0.899. The summed E-state index contributed by atoms with van der Waals surface area (Å²) >= 11 is 0. The molecule has 0 aliphatic carbocycles. The quantitative estimate of drug-likeness (QED) is 0.869. The van der Waals surface area contributed by atoms with E-state index < -0.39 is 0 Å². The van der Waals surface area contributed by atoms with Crippen LogP contribution in [0.5, 0.6) is 11.5 Å². The van der Waals surface area contributed by atoms with Gasteiger partial charge in [0.2, 0.25) is 0 Å². The minimum atomic E-state index is -0.00806. The maximum atomic E-state index is 12.8. The number of hydrogen-bond acceptors (Lipinski definition) is 3. The Bertz CT molecular complexity index is 696. The molecule has 4 heteroatoms. The fourth-order valence-corrected chi connectivity index (χ4v) is 2.78. The van der Waals surface area contributed by atoms with Gasteiger partial charge in [-0.15, -0.1) is 0 Å². The summed E-state index contributed by atoms with van der Waals surface area (Å²) in [5, 5.41) is 0. The molecule has 3 rings (SSSR count). The van der Waals surface area contributed by atoms with Gasteiger partial charge in [-0.2, -0.15) is 0 Å². The predicted molar refractivity (Wildman–Crippen MR) is 86.0 cm³/mol. The van der Waals surface area contributed by atoms with Crippen molar-refractivity contribution in [1.82, 2.24) is 0 Å². The van der Waals surface area contributed by atoms with Crippen molar-refractivity contribution < 1.29 is 14.3 Å². The molecule has 0 fully saturated rings. The third kappa shape index (κ3) is 2.52. The average molecular weight is 297 g/mol. The molecule has 0 spiro atoms. The van der Waals surface area contributed by atoms with Gasteiger partial charge in [0.25, 0.3) is 5.91 Å². The molecule has 0 saturated heterocycles. The van der Waals surface area contributed by atoms with Crippen molar-refractivity contribution in [3.63, 3.8) is 0 Å². The van der Waals surface area contributed by atoms with Gasteiger partial charge < -0.3 is 14.4 Å². The molecule has 1 aliphatic rings. The van der Waals surface area contributed by atoms with Gasteiger partial charge in [-0.1, -0.05) is 18.2 Å². The molecule has 0 unspecified atom stereocenters. The highest BCUT2D eigenvalue weighted by atomic mass is 16.5. The number of carbonyl (C=O) groups excluding carboxylic acids is 1. The zero-order valence-electron chi connectivity index (χ0n) is 12.8. The topological polar surface area (TPSA) is 38.8 Å². The smallest absolute Gasteiger partial charge is 0.258 e. The number of amides is 1. The Balaban J connectivity index is 1.90. The molecule has 0 aromatic heterocycles. The van der Waals surface area contributed by atoms with E-state index in [1.165, 1.54) is 5.56 Å². The van der Waals surface area contributed by atoms with E-state index in [0.29, 0.717) is 30.2 Å². The van der Waals surface area contributed by atoms with E-state index in [1.54, 1.807) is 25.3 Å². The third-order valence-electron chi connectivity index (χ3n) is 3.84. The van der Waals surface area contributed by atoms with Crippen molar-refractivity contribution in [2.24, 2.45) is 0 Å². The number of fused-ring (bicyclic) bond motifs is 1. The SMILES string of the molecule is CCOc1ccc(C(=O)N2CCc3ccccc32)cc1OC. The molecule has 2 aromatic carbocycles. The number of rotatable bonds is 4. The normalized spacial score (nSPS) is 12.9. The van der Waals surface area contributed by atoms with E-state index >= 15 is 0 Å². The zero-order chi connectivity index (χ0) is 15.5. The van der Waals surface area contributed by atoms with Crippen molar-refractivity contribution in [2.45, 2.75) is 13.3 Å². The monoisotopic (exact) mass is 297 g/mol. The highest BCUT2D eigenvalue weighted by Crippen LogP contribution is 2.32. The first-order chi connectivity index (χ1) is 10.7. The number of methoxy groups -OCH3 is 1. The molecular weight excluding hydrogens is 278 g/mol. The van der Waals surface area contributed by atoms with Crippen LogP contribution in [0.15, 0.2) is 42.5 Å². The molecule has 0 radical (unpaired) electrons. The van der Waals surface area contributed by atoms with Gasteiger partial charge in [0, 0.05) is 17.8 Å². The third-order valence-corrected chi connectivity index (χ3v) is 3.84. The molecule has 22 heavy (non-hydrogen) atoms. The van der Waals surface area contributed by atoms with Crippen LogP contribution in [0.1, 0.15) is 22.8 Å². The fraction of sp³-hybridized carbons (Fsp3) is 0.278. The molecule has 1 heterocycles. The molecule has 114 valence electrons. The lowest BCUT2D eigenvalue weighted by Gasteiger charge is -2.18. The second-order valence-electron chi connectivity index (χ2n) is 5.13. The van der Waals surface area contributed by atoms with Gasteiger partial charge in [-0.25, -0.2) is 0 Å². The van der Waals surface area contributed by atoms with E-state index in [-0.39, 0.29) is 5.91 Å². The standard InChI is InChI=1S/C18H19NO3/c1-3-22-16-9-8-14(12-17(16)21-2)18(20)19-11-10-13-6-4-5-7-15(13)19/h4-9,12H,3,10-11H2,1-2H3. The van der Waals surface area contributed by atoms with Crippen LogP contribution in [0.3, 0.4) is 0 Å². The predicted octanol–water partition coefficient (Wildman–Crippen LogP) is 3.30. The Hall–Kier alpha value is -2.49. The van der Waals surface area contributed by atoms with Gasteiger partial charge in [0.05, 0.1) is 13.7 Å². The summed E-state index contributed by atoms with van der Waals surface area (Å²) in [6, 6.07) is 13.4. The lowest BCUT2D eigenvalue weighted by atomic mass is 10.1. The van der Waals surface area contributed by atoms with Crippen LogP contribution in [0, 0.1) is 0 Å². The molecule has 2 aromatic rings.